The van der Waals surface area contributed by atoms with Gasteiger partial charge in [-0.2, -0.15) is 0 Å². The fraction of sp³-hybridized carbons (Fsp3) is 0. The summed E-state index contributed by atoms with van der Waals surface area (Å²) in [6, 6.07) is 36.4. The van der Waals surface area contributed by atoms with Crippen LogP contribution in [-0.4, -0.2) is 9.49 Å². The highest BCUT2D eigenvalue weighted by atomic mass is 32.1. The molecule has 0 fully saturated rings. The molecule has 166 valence electrons. The molecule has 0 aliphatic heterocycles. The van der Waals surface area contributed by atoms with Gasteiger partial charge in [-0.05, 0) is 36.4 Å². The van der Waals surface area contributed by atoms with Crippen molar-refractivity contribution >= 4 is 59.0 Å². The van der Waals surface area contributed by atoms with E-state index in [4.69, 9.17) is 0 Å². The highest BCUT2D eigenvalue weighted by Gasteiger charge is 2.24. The Morgan fingerprint density at radius 1 is 0.686 bits per heavy atom. The molecule has 0 spiro atoms. The molecule has 0 saturated carbocycles. The van der Waals surface area contributed by atoms with Crippen LogP contribution in [0, 0.1) is 10.1 Å². The molecule has 0 N–H and O–H groups in total. The zero-order chi connectivity index (χ0) is 23.5. The molecule has 4 nitrogen and oxygen atoms in total. The number of hydrogen-bond acceptors (Lipinski definition) is 3. The minimum atomic E-state index is -0.286. The highest BCUT2D eigenvalue weighted by molar-refractivity contribution is 7.26. The summed E-state index contributed by atoms with van der Waals surface area (Å²) >= 11 is 1.70. The second-order valence-electron chi connectivity index (χ2n) is 8.59. The van der Waals surface area contributed by atoms with Crippen molar-refractivity contribution in [2.75, 3.05) is 0 Å². The van der Waals surface area contributed by atoms with Crippen molar-refractivity contribution in [3.8, 4) is 16.8 Å². The summed E-state index contributed by atoms with van der Waals surface area (Å²) < 4.78 is 4.56. The van der Waals surface area contributed by atoms with Crippen molar-refractivity contribution in [1.82, 2.24) is 4.57 Å². The van der Waals surface area contributed by atoms with Crippen LogP contribution >= 0.6 is 11.3 Å². The standard InChI is InChI=1S/C30H18N2O2S/c33-32(34)26-16-8-5-13-21(26)24-18-23-20-12-4-7-15-25(20)31(19-10-2-1-3-11-19)29(23)28-22-14-6-9-17-27(22)35-30(24)28/h1-18H. The summed E-state index contributed by atoms with van der Waals surface area (Å²) in [5.41, 5.74) is 5.01. The first-order valence-electron chi connectivity index (χ1n) is 11.4. The fourth-order valence-electron chi connectivity index (χ4n) is 5.24. The molecule has 2 heterocycles. The first-order valence-corrected chi connectivity index (χ1v) is 12.2. The van der Waals surface area contributed by atoms with Gasteiger partial charge in [-0.3, -0.25) is 10.1 Å². The van der Waals surface area contributed by atoms with Gasteiger partial charge in [0.05, 0.1) is 21.5 Å². The Balaban J connectivity index is 1.77. The monoisotopic (exact) mass is 470 g/mol. The molecule has 0 unspecified atom stereocenters. The van der Waals surface area contributed by atoms with Gasteiger partial charge in [0.1, 0.15) is 0 Å². The topological polar surface area (TPSA) is 48.1 Å². The fourth-order valence-corrected chi connectivity index (χ4v) is 6.48. The zero-order valence-corrected chi connectivity index (χ0v) is 19.3. The van der Waals surface area contributed by atoms with E-state index in [0.29, 0.717) is 5.56 Å². The van der Waals surface area contributed by atoms with Crippen LogP contribution in [-0.2, 0) is 0 Å². The molecule has 0 atom stereocenters. The van der Waals surface area contributed by atoms with E-state index in [2.05, 4.69) is 77.4 Å². The second-order valence-corrected chi connectivity index (χ2v) is 9.64. The van der Waals surface area contributed by atoms with Gasteiger partial charge in [0, 0.05) is 48.3 Å². The van der Waals surface area contributed by atoms with E-state index in [9.17, 15) is 10.1 Å². The number of para-hydroxylation sites is 3. The van der Waals surface area contributed by atoms with Crippen LogP contribution in [0.25, 0.3) is 58.8 Å². The Hall–Kier alpha value is -4.48. The maximum absolute atomic E-state index is 12.0. The third kappa shape index (κ3) is 2.85. The van der Waals surface area contributed by atoms with Gasteiger partial charge in [0.25, 0.3) is 5.69 Å². The van der Waals surface area contributed by atoms with Gasteiger partial charge < -0.3 is 4.57 Å². The van der Waals surface area contributed by atoms with Crippen molar-refractivity contribution in [1.29, 1.82) is 0 Å². The van der Waals surface area contributed by atoms with Crippen LogP contribution in [0.5, 0.6) is 0 Å². The number of nitrogens with zero attached hydrogens (tertiary/aromatic N) is 2. The Labute approximate surface area is 204 Å². The highest BCUT2D eigenvalue weighted by Crippen LogP contribution is 2.48. The number of nitro groups is 1. The Morgan fingerprint density at radius 2 is 1.37 bits per heavy atom. The lowest BCUT2D eigenvalue weighted by Gasteiger charge is -2.11. The lowest BCUT2D eigenvalue weighted by molar-refractivity contribution is -0.384. The summed E-state index contributed by atoms with van der Waals surface area (Å²) in [5, 5.41) is 16.5. The Morgan fingerprint density at radius 3 is 2.20 bits per heavy atom. The quantitative estimate of drug-likeness (QED) is 0.191. The molecular formula is C30H18N2O2S. The Bertz CT molecular complexity index is 1930. The normalized spacial score (nSPS) is 11.7. The number of rotatable bonds is 3. The minimum Gasteiger partial charge on any atom is -0.309 e. The summed E-state index contributed by atoms with van der Waals surface area (Å²) in [7, 11) is 0. The maximum Gasteiger partial charge on any atom is 0.277 e. The molecule has 0 amide bonds. The van der Waals surface area contributed by atoms with Crippen LogP contribution in [0.15, 0.2) is 109 Å². The van der Waals surface area contributed by atoms with Crippen LogP contribution < -0.4 is 0 Å². The van der Waals surface area contributed by atoms with E-state index < -0.39 is 0 Å². The van der Waals surface area contributed by atoms with Crippen LogP contribution in [0.3, 0.4) is 0 Å². The number of fused-ring (bicyclic) bond motifs is 7. The van der Waals surface area contributed by atoms with E-state index in [1.54, 1.807) is 23.5 Å². The van der Waals surface area contributed by atoms with Gasteiger partial charge in [-0.15, -0.1) is 11.3 Å². The first kappa shape index (κ1) is 19.9. The molecular weight excluding hydrogens is 452 g/mol. The average molecular weight is 471 g/mol. The van der Waals surface area contributed by atoms with Crippen molar-refractivity contribution in [3.63, 3.8) is 0 Å². The molecule has 35 heavy (non-hydrogen) atoms. The molecule has 2 aromatic heterocycles. The number of aromatic nitrogens is 1. The predicted octanol–water partition coefficient (Wildman–Crippen LogP) is 8.73. The van der Waals surface area contributed by atoms with Crippen molar-refractivity contribution in [3.05, 3.63) is 119 Å². The largest absolute Gasteiger partial charge is 0.309 e. The van der Waals surface area contributed by atoms with Crippen LogP contribution in [0.1, 0.15) is 0 Å². The third-order valence-corrected chi connectivity index (χ3v) is 7.89. The van der Waals surface area contributed by atoms with E-state index in [1.165, 1.54) is 4.70 Å². The predicted molar refractivity (Wildman–Crippen MR) is 146 cm³/mol. The lowest BCUT2D eigenvalue weighted by atomic mass is 9.97. The van der Waals surface area contributed by atoms with E-state index >= 15 is 0 Å². The average Bonchev–Trinajstić information content (AvgIpc) is 3.44. The molecule has 0 radical (unpaired) electrons. The number of hydrogen-bond donors (Lipinski definition) is 0. The lowest BCUT2D eigenvalue weighted by Crippen LogP contribution is -1.94. The van der Waals surface area contributed by atoms with Crippen molar-refractivity contribution in [2.24, 2.45) is 0 Å². The molecule has 5 aromatic carbocycles. The van der Waals surface area contributed by atoms with Crippen molar-refractivity contribution < 1.29 is 4.92 Å². The molecule has 0 bridgehead atoms. The zero-order valence-electron chi connectivity index (χ0n) is 18.5. The number of thiophene rings is 1. The smallest absolute Gasteiger partial charge is 0.277 e. The molecule has 0 aliphatic rings. The molecule has 0 aliphatic carbocycles. The van der Waals surface area contributed by atoms with E-state index in [1.807, 2.05) is 24.3 Å². The Kier molecular flexibility index (Phi) is 4.28. The van der Waals surface area contributed by atoms with Crippen LogP contribution in [0.2, 0.25) is 0 Å². The second kappa shape index (κ2) is 7.52. The SMILES string of the molecule is O=[N+]([O-])c1ccccc1-c1cc2c3ccccc3n(-c3ccccc3)c2c2c1sc1ccccc12. The molecule has 0 saturated heterocycles. The van der Waals surface area contributed by atoms with Gasteiger partial charge in [-0.1, -0.05) is 66.7 Å². The van der Waals surface area contributed by atoms with Gasteiger partial charge >= 0.3 is 0 Å². The summed E-state index contributed by atoms with van der Waals surface area (Å²) in [6.07, 6.45) is 0. The van der Waals surface area contributed by atoms with Gasteiger partial charge in [-0.25, -0.2) is 0 Å². The third-order valence-electron chi connectivity index (χ3n) is 6.68. The number of nitro benzene ring substituents is 1. The van der Waals surface area contributed by atoms with E-state index in [0.717, 1.165) is 48.5 Å². The molecule has 5 heteroatoms. The first-order chi connectivity index (χ1) is 17.2. The van der Waals surface area contributed by atoms with E-state index in [-0.39, 0.29) is 10.6 Å². The van der Waals surface area contributed by atoms with Gasteiger partial charge in [0.15, 0.2) is 0 Å². The summed E-state index contributed by atoms with van der Waals surface area (Å²) in [6.45, 7) is 0. The maximum atomic E-state index is 12.0. The molecule has 7 aromatic rings. The summed E-state index contributed by atoms with van der Waals surface area (Å²) in [4.78, 5) is 11.7. The van der Waals surface area contributed by atoms with Gasteiger partial charge in [0.2, 0.25) is 0 Å². The minimum absolute atomic E-state index is 0.123. The van der Waals surface area contributed by atoms with Crippen molar-refractivity contribution in [2.45, 2.75) is 0 Å². The number of benzene rings is 5. The molecule has 7 rings (SSSR count). The summed E-state index contributed by atoms with van der Waals surface area (Å²) in [5.74, 6) is 0. The van der Waals surface area contributed by atoms with Crippen LogP contribution in [0.4, 0.5) is 5.69 Å².